The third-order valence-corrected chi connectivity index (χ3v) is 5.66. The van der Waals surface area contributed by atoms with Gasteiger partial charge in [0, 0.05) is 26.1 Å². The number of aryl methyl sites for hydroxylation is 1. The maximum Gasteiger partial charge on any atom is 0.260 e. The van der Waals surface area contributed by atoms with Crippen molar-refractivity contribution in [1.29, 1.82) is 0 Å². The molecule has 148 valence electrons. The molecule has 1 aromatic carbocycles. The Labute approximate surface area is 162 Å². The van der Waals surface area contributed by atoms with Crippen LogP contribution in [0.15, 0.2) is 24.3 Å². The number of ketones is 1. The van der Waals surface area contributed by atoms with Crippen LogP contribution in [0, 0.1) is 5.92 Å². The zero-order valence-corrected chi connectivity index (χ0v) is 16.5. The second-order valence-electron chi connectivity index (χ2n) is 7.99. The minimum atomic E-state index is 0.0804. The quantitative estimate of drug-likeness (QED) is 0.704. The summed E-state index contributed by atoms with van der Waals surface area (Å²) in [5.41, 5.74) is 1.11. The normalized spacial score (nSPS) is 20.6. The van der Waals surface area contributed by atoms with E-state index in [1.54, 1.807) is 6.92 Å². The van der Waals surface area contributed by atoms with E-state index in [-0.39, 0.29) is 18.3 Å². The first kappa shape index (κ1) is 19.9. The molecule has 2 aliphatic heterocycles. The maximum atomic E-state index is 12.5. The Kier molecular flexibility index (Phi) is 7.27. The molecule has 0 N–H and O–H groups in total. The first-order valence-electron chi connectivity index (χ1n) is 10.3. The van der Waals surface area contributed by atoms with E-state index in [0.717, 1.165) is 38.0 Å². The highest BCUT2D eigenvalue weighted by molar-refractivity contribution is 5.78. The highest BCUT2D eigenvalue weighted by Crippen LogP contribution is 2.20. The summed E-state index contributed by atoms with van der Waals surface area (Å²) in [6, 6.07) is 7.69. The fraction of sp³-hybridized carbons (Fsp3) is 0.636. The van der Waals surface area contributed by atoms with Gasteiger partial charge >= 0.3 is 0 Å². The molecule has 3 rings (SSSR count). The third kappa shape index (κ3) is 6.35. The van der Waals surface area contributed by atoms with Crippen molar-refractivity contribution in [1.82, 2.24) is 9.80 Å². The van der Waals surface area contributed by atoms with E-state index in [9.17, 15) is 9.59 Å². The zero-order valence-electron chi connectivity index (χ0n) is 16.5. The van der Waals surface area contributed by atoms with Crippen molar-refractivity contribution in [3.63, 3.8) is 0 Å². The van der Waals surface area contributed by atoms with E-state index < -0.39 is 0 Å². The smallest absolute Gasteiger partial charge is 0.260 e. The summed E-state index contributed by atoms with van der Waals surface area (Å²) in [5.74, 6) is 1.59. The molecule has 2 fully saturated rings. The highest BCUT2D eigenvalue weighted by atomic mass is 16.5. The Morgan fingerprint density at radius 2 is 1.81 bits per heavy atom. The Bertz CT molecular complexity index is 623. The number of ether oxygens (including phenoxy) is 1. The average Bonchev–Trinajstić information content (AvgIpc) is 3.14. The molecule has 0 aromatic heterocycles. The van der Waals surface area contributed by atoms with E-state index in [4.69, 9.17) is 4.74 Å². The number of hydrogen-bond acceptors (Lipinski definition) is 4. The number of piperidine rings is 1. The van der Waals surface area contributed by atoms with Crippen LogP contribution in [0.3, 0.4) is 0 Å². The van der Waals surface area contributed by atoms with Crippen molar-refractivity contribution in [3.8, 4) is 5.75 Å². The minimum absolute atomic E-state index is 0.0804. The van der Waals surface area contributed by atoms with Gasteiger partial charge in [-0.25, -0.2) is 0 Å². The van der Waals surface area contributed by atoms with Crippen LogP contribution in [0.5, 0.6) is 5.75 Å². The fourth-order valence-corrected chi connectivity index (χ4v) is 4.02. The molecule has 5 heteroatoms. The van der Waals surface area contributed by atoms with Crippen molar-refractivity contribution < 1.29 is 14.3 Å². The monoisotopic (exact) mass is 372 g/mol. The number of benzene rings is 1. The maximum absolute atomic E-state index is 12.5. The predicted octanol–water partition coefficient (Wildman–Crippen LogP) is 2.92. The topological polar surface area (TPSA) is 49.9 Å². The van der Waals surface area contributed by atoms with Gasteiger partial charge < -0.3 is 19.3 Å². The van der Waals surface area contributed by atoms with Crippen LogP contribution in [0.4, 0.5) is 0 Å². The Morgan fingerprint density at radius 1 is 1.07 bits per heavy atom. The van der Waals surface area contributed by atoms with E-state index in [1.165, 1.54) is 32.4 Å². The molecular weight excluding hydrogens is 340 g/mol. The average molecular weight is 373 g/mol. The Hall–Kier alpha value is -1.88. The van der Waals surface area contributed by atoms with Crippen LogP contribution in [-0.4, -0.2) is 60.8 Å². The molecule has 0 radical (unpaired) electrons. The number of likely N-dealkylation sites (tertiary alicyclic amines) is 2. The van der Waals surface area contributed by atoms with E-state index in [1.807, 2.05) is 29.2 Å². The lowest BCUT2D eigenvalue weighted by Gasteiger charge is -2.29. The molecule has 0 aliphatic carbocycles. The fourth-order valence-electron chi connectivity index (χ4n) is 4.02. The summed E-state index contributed by atoms with van der Waals surface area (Å²) in [6.07, 6.45) is 6.41. The molecule has 0 bridgehead atoms. The number of nitrogens with zero attached hydrogens (tertiary/aromatic N) is 2. The Morgan fingerprint density at radius 3 is 2.52 bits per heavy atom. The van der Waals surface area contributed by atoms with Gasteiger partial charge in [0.15, 0.2) is 6.61 Å². The Balaban J connectivity index is 1.38. The van der Waals surface area contributed by atoms with Gasteiger partial charge in [0.1, 0.15) is 11.5 Å². The van der Waals surface area contributed by atoms with Gasteiger partial charge in [-0.2, -0.15) is 0 Å². The number of carbonyl (C=O) groups is 2. The van der Waals surface area contributed by atoms with Gasteiger partial charge in [-0.05, 0) is 69.3 Å². The molecule has 5 nitrogen and oxygen atoms in total. The number of hydrogen-bond donors (Lipinski definition) is 0. The van der Waals surface area contributed by atoms with Crippen LogP contribution in [-0.2, 0) is 16.0 Å². The number of Topliss-reactive ketones (excluding diaryl/α,β-unsaturated/α-hetero) is 1. The van der Waals surface area contributed by atoms with Crippen molar-refractivity contribution >= 4 is 11.7 Å². The SMILES string of the molecule is CC(=O)CCc1ccc(OCC(=O)N2CCC(CN3CCCCC3)C2)cc1. The zero-order chi connectivity index (χ0) is 19.1. The predicted molar refractivity (Wildman–Crippen MR) is 106 cm³/mol. The van der Waals surface area contributed by atoms with Crippen LogP contribution >= 0.6 is 0 Å². The van der Waals surface area contributed by atoms with Gasteiger partial charge in [0.05, 0.1) is 0 Å². The van der Waals surface area contributed by atoms with Crippen LogP contribution in [0.2, 0.25) is 0 Å². The first-order valence-corrected chi connectivity index (χ1v) is 10.3. The van der Waals surface area contributed by atoms with Gasteiger partial charge in [-0.3, -0.25) is 4.79 Å². The third-order valence-electron chi connectivity index (χ3n) is 5.66. The lowest BCUT2D eigenvalue weighted by Crippen LogP contribution is -2.37. The lowest BCUT2D eigenvalue weighted by atomic mass is 10.1. The summed E-state index contributed by atoms with van der Waals surface area (Å²) < 4.78 is 5.68. The molecule has 1 unspecified atom stereocenters. The van der Waals surface area contributed by atoms with Gasteiger partial charge in [0.2, 0.25) is 0 Å². The summed E-state index contributed by atoms with van der Waals surface area (Å²) in [5, 5.41) is 0. The van der Waals surface area contributed by atoms with Crippen molar-refractivity contribution in [2.75, 3.05) is 39.3 Å². The van der Waals surface area contributed by atoms with Crippen molar-refractivity contribution in [2.24, 2.45) is 5.92 Å². The molecule has 2 aliphatic rings. The molecule has 2 saturated heterocycles. The molecule has 0 spiro atoms. The standard InChI is InChI=1S/C22H32N2O3/c1-18(25)5-6-19-7-9-21(10-8-19)27-17-22(26)24-14-11-20(16-24)15-23-12-3-2-4-13-23/h7-10,20H,2-6,11-17H2,1H3. The summed E-state index contributed by atoms with van der Waals surface area (Å²) in [4.78, 5) is 28.0. The van der Waals surface area contributed by atoms with E-state index in [2.05, 4.69) is 4.90 Å². The van der Waals surface area contributed by atoms with Crippen molar-refractivity contribution in [2.45, 2.75) is 45.4 Å². The second kappa shape index (κ2) is 9.88. The largest absolute Gasteiger partial charge is 0.484 e. The molecule has 1 amide bonds. The van der Waals surface area contributed by atoms with Crippen LogP contribution in [0.25, 0.3) is 0 Å². The minimum Gasteiger partial charge on any atom is -0.484 e. The summed E-state index contributed by atoms with van der Waals surface area (Å²) in [6.45, 7) is 6.99. The van der Waals surface area contributed by atoms with Crippen LogP contribution < -0.4 is 4.74 Å². The first-order chi connectivity index (χ1) is 13.1. The molecular formula is C22H32N2O3. The van der Waals surface area contributed by atoms with Gasteiger partial charge in [0.25, 0.3) is 5.91 Å². The second-order valence-corrected chi connectivity index (χ2v) is 7.99. The lowest BCUT2D eigenvalue weighted by molar-refractivity contribution is -0.132. The van der Waals surface area contributed by atoms with Crippen molar-refractivity contribution in [3.05, 3.63) is 29.8 Å². The summed E-state index contributed by atoms with van der Waals surface area (Å²) in [7, 11) is 0. The number of amides is 1. The number of rotatable bonds is 8. The van der Waals surface area contributed by atoms with Crippen LogP contribution in [0.1, 0.15) is 44.6 Å². The van der Waals surface area contributed by atoms with Gasteiger partial charge in [-0.15, -0.1) is 0 Å². The highest BCUT2D eigenvalue weighted by Gasteiger charge is 2.28. The van der Waals surface area contributed by atoms with E-state index in [0.29, 0.717) is 18.1 Å². The molecule has 0 saturated carbocycles. The molecule has 27 heavy (non-hydrogen) atoms. The molecule has 1 aromatic rings. The number of carbonyl (C=O) groups excluding carboxylic acids is 2. The molecule has 1 atom stereocenters. The van der Waals surface area contributed by atoms with E-state index >= 15 is 0 Å². The van der Waals surface area contributed by atoms with Gasteiger partial charge in [-0.1, -0.05) is 18.6 Å². The summed E-state index contributed by atoms with van der Waals surface area (Å²) >= 11 is 0. The molecule has 2 heterocycles.